The summed E-state index contributed by atoms with van der Waals surface area (Å²) < 4.78 is 0. The van der Waals surface area contributed by atoms with Gasteiger partial charge in [0, 0.05) is 12.1 Å². The molecule has 1 aromatic carbocycles. The van der Waals surface area contributed by atoms with Crippen molar-refractivity contribution in [3.63, 3.8) is 0 Å². The van der Waals surface area contributed by atoms with Crippen LogP contribution in [0.15, 0.2) is 24.3 Å². The molecule has 0 radical (unpaired) electrons. The largest absolute Gasteiger partial charge is 0.292 e. The lowest BCUT2D eigenvalue weighted by molar-refractivity contribution is 0.0891. The van der Waals surface area contributed by atoms with Crippen molar-refractivity contribution in [1.82, 2.24) is 4.90 Å². The van der Waals surface area contributed by atoms with Crippen molar-refractivity contribution in [2.45, 2.75) is 44.2 Å². The molecule has 2 aliphatic rings. The van der Waals surface area contributed by atoms with Crippen LogP contribution < -0.4 is 0 Å². The second-order valence-corrected chi connectivity index (χ2v) is 5.11. The topological polar surface area (TPSA) is 3.24 Å². The van der Waals surface area contributed by atoms with Gasteiger partial charge < -0.3 is 0 Å². The van der Waals surface area contributed by atoms with Crippen LogP contribution in [-0.2, 0) is 12.1 Å². The third kappa shape index (κ3) is 1.26. The zero-order chi connectivity index (χ0) is 10.3. The van der Waals surface area contributed by atoms with Crippen LogP contribution in [0.1, 0.15) is 43.2 Å². The monoisotopic (exact) mass is 201 g/mol. The Balaban J connectivity index is 2.07. The fourth-order valence-electron chi connectivity index (χ4n) is 3.51. The first-order valence-electron chi connectivity index (χ1n) is 6.13. The normalized spacial score (nSPS) is 24.3. The summed E-state index contributed by atoms with van der Waals surface area (Å²) in [6.45, 7) is 1.15. The Morgan fingerprint density at radius 3 is 2.60 bits per heavy atom. The second-order valence-electron chi connectivity index (χ2n) is 5.11. The van der Waals surface area contributed by atoms with Crippen LogP contribution in [0.25, 0.3) is 0 Å². The van der Waals surface area contributed by atoms with Crippen LogP contribution in [0.4, 0.5) is 0 Å². The van der Waals surface area contributed by atoms with Gasteiger partial charge in [0.2, 0.25) is 0 Å². The molecule has 3 rings (SSSR count). The van der Waals surface area contributed by atoms with Gasteiger partial charge in [0.1, 0.15) is 0 Å². The van der Waals surface area contributed by atoms with Gasteiger partial charge in [-0.1, -0.05) is 43.5 Å². The third-order valence-corrected chi connectivity index (χ3v) is 4.34. The van der Waals surface area contributed by atoms with E-state index in [9.17, 15) is 0 Å². The summed E-state index contributed by atoms with van der Waals surface area (Å²) in [5.41, 5.74) is 3.57. The van der Waals surface area contributed by atoms with Crippen molar-refractivity contribution in [3.8, 4) is 0 Å². The van der Waals surface area contributed by atoms with Crippen molar-refractivity contribution < 1.29 is 0 Å². The average molecular weight is 201 g/mol. The minimum Gasteiger partial charge on any atom is -0.292 e. The smallest absolute Gasteiger partial charge is 0.0464 e. The van der Waals surface area contributed by atoms with Crippen LogP contribution in [0, 0.1) is 0 Å². The van der Waals surface area contributed by atoms with E-state index in [-0.39, 0.29) is 0 Å². The summed E-state index contributed by atoms with van der Waals surface area (Å²) in [4.78, 5) is 2.58. The maximum absolute atomic E-state index is 2.58. The zero-order valence-electron chi connectivity index (χ0n) is 9.50. The molecule has 1 heteroatoms. The molecule has 0 amide bonds. The van der Waals surface area contributed by atoms with E-state index in [2.05, 4.69) is 36.2 Å². The first-order valence-corrected chi connectivity index (χ1v) is 6.13. The molecule has 0 saturated heterocycles. The van der Waals surface area contributed by atoms with Gasteiger partial charge in [-0.2, -0.15) is 0 Å². The van der Waals surface area contributed by atoms with Gasteiger partial charge in [0.15, 0.2) is 0 Å². The van der Waals surface area contributed by atoms with Crippen LogP contribution in [0.3, 0.4) is 0 Å². The lowest BCUT2D eigenvalue weighted by Gasteiger charge is -2.40. The van der Waals surface area contributed by atoms with E-state index in [1.165, 1.54) is 32.1 Å². The van der Waals surface area contributed by atoms with Gasteiger partial charge in [-0.05, 0) is 31.0 Å². The van der Waals surface area contributed by atoms with E-state index in [4.69, 9.17) is 0 Å². The number of fused-ring (bicyclic) bond motifs is 2. The molecule has 0 unspecified atom stereocenters. The van der Waals surface area contributed by atoms with Crippen molar-refractivity contribution >= 4 is 0 Å². The molecule has 15 heavy (non-hydrogen) atoms. The Kier molecular flexibility index (Phi) is 2.10. The molecule has 1 spiro atoms. The van der Waals surface area contributed by atoms with Gasteiger partial charge in [0.05, 0.1) is 0 Å². The van der Waals surface area contributed by atoms with Gasteiger partial charge in [-0.25, -0.2) is 0 Å². The molecule has 1 saturated carbocycles. The Morgan fingerprint density at radius 1 is 1.07 bits per heavy atom. The fraction of sp³-hybridized carbons (Fsp3) is 0.571. The van der Waals surface area contributed by atoms with Gasteiger partial charge in [-0.3, -0.25) is 4.90 Å². The number of hydrogen-bond acceptors (Lipinski definition) is 1. The molecular formula is C14H19N. The highest BCUT2D eigenvalue weighted by Crippen LogP contribution is 2.47. The molecule has 0 N–H and O–H groups in total. The highest BCUT2D eigenvalue weighted by atomic mass is 15.2. The van der Waals surface area contributed by atoms with Gasteiger partial charge in [-0.15, -0.1) is 0 Å². The molecule has 0 aromatic heterocycles. The molecule has 1 fully saturated rings. The predicted octanol–water partition coefficient (Wildman–Crippen LogP) is 3.29. The maximum Gasteiger partial charge on any atom is 0.0464 e. The van der Waals surface area contributed by atoms with Crippen LogP contribution in [0.2, 0.25) is 0 Å². The summed E-state index contributed by atoms with van der Waals surface area (Å²) in [6, 6.07) is 9.03. The quantitative estimate of drug-likeness (QED) is 0.622. The van der Waals surface area contributed by atoms with Crippen molar-refractivity contribution in [2.75, 3.05) is 7.05 Å². The number of benzene rings is 1. The van der Waals surface area contributed by atoms with Gasteiger partial charge >= 0.3 is 0 Å². The zero-order valence-corrected chi connectivity index (χ0v) is 9.50. The molecule has 1 aliphatic carbocycles. The lowest BCUT2D eigenvalue weighted by atomic mass is 9.77. The average Bonchev–Trinajstić information content (AvgIpc) is 2.55. The molecule has 0 bridgehead atoms. The minimum absolute atomic E-state index is 0.398. The van der Waals surface area contributed by atoms with E-state index in [1.54, 1.807) is 11.1 Å². The van der Waals surface area contributed by atoms with E-state index in [0.717, 1.165) is 6.54 Å². The third-order valence-electron chi connectivity index (χ3n) is 4.34. The Morgan fingerprint density at radius 2 is 1.80 bits per heavy atom. The SMILES string of the molecule is CN1Cc2ccccc2C12CCCCC2. The first kappa shape index (κ1) is 9.41. The summed E-state index contributed by atoms with van der Waals surface area (Å²) in [5.74, 6) is 0. The van der Waals surface area contributed by atoms with Crippen molar-refractivity contribution in [1.29, 1.82) is 0 Å². The van der Waals surface area contributed by atoms with Crippen LogP contribution in [-0.4, -0.2) is 11.9 Å². The van der Waals surface area contributed by atoms with Gasteiger partial charge in [0.25, 0.3) is 0 Å². The van der Waals surface area contributed by atoms with E-state index in [1.807, 2.05) is 0 Å². The second kappa shape index (κ2) is 3.34. The molecule has 0 atom stereocenters. The Hall–Kier alpha value is -0.820. The first-order chi connectivity index (χ1) is 7.33. The van der Waals surface area contributed by atoms with Crippen molar-refractivity contribution in [2.24, 2.45) is 0 Å². The fourth-order valence-corrected chi connectivity index (χ4v) is 3.51. The molecule has 1 aromatic rings. The summed E-state index contributed by atoms with van der Waals surface area (Å²) >= 11 is 0. The highest BCUT2D eigenvalue weighted by Gasteiger charge is 2.43. The van der Waals surface area contributed by atoms with Crippen LogP contribution in [0.5, 0.6) is 0 Å². The standard InChI is InChI=1S/C14H19N/c1-15-11-12-7-3-4-8-13(12)14(15)9-5-2-6-10-14/h3-4,7-8H,2,5-6,9-11H2,1H3. The number of nitrogens with zero attached hydrogens (tertiary/aromatic N) is 1. The van der Waals surface area contributed by atoms with Crippen LogP contribution >= 0.6 is 0 Å². The summed E-state index contributed by atoms with van der Waals surface area (Å²) in [5, 5.41) is 0. The lowest BCUT2D eigenvalue weighted by Crippen LogP contribution is -2.39. The minimum atomic E-state index is 0.398. The number of hydrogen-bond donors (Lipinski definition) is 0. The molecule has 80 valence electrons. The molecular weight excluding hydrogens is 182 g/mol. The summed E-state index contributed by atoms with van der Waals surface area (Å²) in [6.07, 6.45) is 6.95. The molecule has 1 heterocycles. The number of rotatable bonds is 0. The van der Waals surface area contributed by atoms with E-state index in [0.29, 0.717) is 5.54 Å². The predicted molar refractivity (Wildman–Crippen MR) is 62.7 cm³/mol. The summed E-state index contributed by atoms with van der Waals surface area (Å²) in [7, 11) is 2.30. The Labute approximate surface area is 92.1 Å². The van der Waals surface area contributed by atoms with E-state index >= 15 is 0 Å². The molecule has 1 aliphatic heterocycles. The molecule has 1 nitrogen and oxygen atoms in total. The van der Waals surface area contributed by atoms with Crippen molar-refractivity contribution in [3.05, 3.63) is 35.4 Å². The highest BCUT2D eigenvalue weighted by molar-refractivity contribution is 5.38. The maximum atomic E-state index is 2.58. The Bertz CT molecular complexity index is 363. The van der Waals surface area contributed by atoms with E-state index < -0.39 is 0 Å².